The normalized spacial score (nSPS) is 13.6. The van der Waals surface area contributed by atoms with Crippen LogP contribution < -0.4 is 44.1 Å². The number of aliphatic carboxylic acids is 1. The van der Waals surface area contributed by atoms with Crippen LogP contribution in [-0.4, -0.2) is 33.3 Å². The van der Waals surface area contributed by atoms with Gasteiger partial charge >= 0.3 is 35.6 Å². The maximum Gasteiger partial charge on any atom is 1.00 e. The van der Waals surface area contributed by atoms with Gasteiger partial charge in [-0.15, -0.1) is 0 Å². The van der Waals surface area contributed by atoms with E-state index < -0.39 is 11.6 Å². The van der Waals surface area contributed by atoms with Crippen LogP contribution in [0.15, 0.2) is 60.7 Å². The van der Waals surface area contributed by atoms with Crippen LogP contribution in [-0.2, 0) is 11.4 Å². The number of hydrogen-bond acceptors (Lipinski definition) is 7. The first-order valence-electron chi connectivity index (χ1n) is 13.9. The SMILES string of the molecule is Cc1nc(OCCC(C)(C)O)nc(C)c1-c1cccc(COc2ccc3c(c2)-c2ccccc2C3CC(=O)[O-])c1C.[Na+]. The van der Waals surface area contributed by atoms with Crippen molar-refractivity contribution in [2.24, 2.45) is 0 Å². The number of fused-ring (bicyclic) bond motifs is 3. The number of aliphatic hydroxyl groups is 1. The molecule has 1 N–H and O–H groups in total. The van der Waals surface area contributed by atoms with Crippen LogP contribution in [0, 0.1) is 20.8 Å². The summed E-state index contributed by atoms with van der Waals surface area (Å²) in [4.78, 5) is 20.6. The number of rotatable bonds is 10. The molecule has 1 aromatic heterocycles. The zero-order chi connectivity index (χ0) is 29.3. The summed E-state index contributed by atoms with van der Waals surface area (Å²) in [5.41, 5.74) is 8.99. The Morgan fingerprint density at radius 2 is 1.57 bits per heavy atom. The van der Waals surface area contributed by atoms with Gasteiger partial charge in [-0.05, 0) is 92.1 Å². The summed E-state index contributed by atoms with van der Waals surface area (Å²) < 4.78 is 12.0. The maximum atomic E-state index is 11.4. The fourth-order valence-corrected chi connectivity index (χ4v) is 5.57. The van der Waals surface area contributed by atoms with E-state index in [4.69, 9.17) is 9.47 Å². The predicted octanol–water partition coefficient (Wildman–Crippen LogP) is 2.44. The van der Waals surface area contributed by atoms with E-state index in [2.05, 4.69) is 29.0 Å². The molecular weight excluding hydrogens is 539 g/mol. The Kier molecular flexibility index (Phi) is 9.78. The van der Waals surface area contributed by atoms with Crippen LogP contribution in [0.1, 0.15) is 66.2 Å². The average molecular weight is 575 g/mol. The number of carboxylic acid groups (broad SMARTS) is 1. The average Bonchev–Trinajstić information content (AvgIpc) is 3.20. The molecule has 7 nitrogen and oxygen atoms in total. The first-order chi connectivity index (χ1) is 19.5. The Labute approximate surface area is 269 Å². The molecule has 0 fully saturated rings. The van der Waals surface area contributed by atoms with Gasteiger partial charge in [-0.1, -0.05) is 48.5 Å². The van der Waals surface area contributed by atoms with Crippen LogP contribution in [0.4, 0.5) is 0 Å². The second-order valence-electron chi connectivity index (χ2n) is 11.3. The molecule has 1 aliphatic carbocycles. The third-order valence-corrected chi connectivity index (χ3v) is 7.70. The van der Waals surface area contributed by atoms with Crippen molar-refractivity contribution in [3.8, 4) is 34.0 Å². The van der Waals surface area contributed by atoms with Crippen molar-refractivity contribution in [3.63, 3.8) is 0 Å². The van der Waals surface area contributed by atoms with Crippen LogP contribution in [0.2, 0.25) is 0 Å². The molecule has 212 valence electrons. The van der Waals surface area contributed by atoms with Crippen LogP contribution in [0.5, 0.6) is 11.8 Å². The second-order valence-corrected chi connectivity index (χ2v) is 11.3. The summed E-state index contributed by atoms with van der Waals surface area (Å²) >= 11 is 0. The largest absolute Gasteiger partial charge is 1.00 e. The van der Waals surface area contributed by atoms with Crippen molar-refractivity contribution >= 4 is 5.97 Å². The Morgan fingerprint density at radius 3 is 2.26 bits per heavy atom. The van der Waals surface area contributed by atoms with Crippen molar-refractivity contribution in [1.29, 1.82) is 0 Å². The van der Waals surface area contributed by atoms with Gasteiger partial charge in [0.15, 0.2) is 0 Å². The van der Waals surface area contributed by atoms with Gasteiger partial charge in [0, 0.05) is 23.9 Å². The van der Waals surface area contributed by atoms with Gasteiger partial charge in [0.05, 0.1) is 23.6 Å². The van der Waals surface area contributed by atoms with E-state index in [0.717, 1.165) is 61.6 Å². The molecule has 1 unspecified atom stereocenters. The molecule has 1 aliphatic rings. The Balaban J connectivity index is 0.00000405. The molecule has 3 aromatic carbocycles. The monoisotopic (exact) mass is 574 g/mol. The van der Waals surface area contributed by atoms with Gasteiger partial charge in [0.2, 0.25) is 0 Å². The Bertz CT molecular complexity index is 1590. The standard InChI is InChI=1S/C34H36N2O5.Na/c1-20-23(9-8-12-25(20)32-21(2)35-33(36-22(32)3)40-16-15-34(4,5)39)19-41-24-13-14-28-29(17-24)26-10-6-7-11-27(26)30(28)18-31(37)38;/h6-14,17,30,39H,15-16,18-19H2,1-5H3,(H,37,38);/q;+1/p-1. The number of aromatic nitrogens is 2. The molecule has 5 rings (SSSR count). The fourth-order valence-electron chi connectivity index (χ4n) is 5.57. The van der Waals surface area contributed by atoms with E-state index in [9.17, 15) is 15.0 Å². The summed E-state index contributed by atoms with van der Waals surface area (Å²) in [5, 5.41) is 21.4. The number of nitrogens with zero attached hydrogens (tertiary/aromatic N) is 2. The molecule has 0 amide bonds. The van der Waals surface area contributed by atoms with Gasteiger partial charge in [-0.3, -0.25) is 0 Å². The van der Waals surface area contributed by atoms with Crippen molar-refractivity contribution < 1.29 is 54.0 Å². The fraction of sp³-hybridized carbons (Fsp3) is 0.324. The zero-order valence-electron chi connectivity index (χ0n) is 25.2. The van der Waals surface area contributed by atoms with E-state index in [1.54, 1.807) is 13.8 Å². The van der Waals surface area contributed by atoms with E-state index in [0.29, 0.717) is 25.6 Å². The zero-order valence-corrected chi connectivity index (χ0v) is 27.2. The minimum atomic E-state index is -1.06. The first-order valence-corrected chi connectivity index (χ1v) is 13.9. The van der Waals surface area contributed by atoms with Crippen LogP contribution in [0.3, 0.4) is 0 Å². The minimum absolute atomic E-state index is 0. The molecule has 1 heterocycles. The molecule has 0 radical (unpaired) electrons. The van der Waals surface area contributed by atoms with Gasteiger partial charge in [-0.2, -0.15) is 9.97 Å². The Hall–Kier alpha value is -3.23. The smallest absolute Gasteiger partial charge is 0.550 e. The number of benzene rings is 3. The first kappa shape index (κ1) is 31.7. The quantitative estimate of drug-likeness (QED) is 0.290. The van der Waals surface area contributed by atoms with E-state index in [1.165, 1.54) is 0 Å². The molecule has 0 spiro atoms. The van der Waals surface area contributed by atoms with Gasteiger partial charge in [0.1, 0.15) is 12.4 Å². The number of hydrogen-bond donors (Lipinski definition) is 1. The van der Waals surface area contributed by atoms with Crippen LogP contribution in [0.25, 0.3) is 22.3 Å². The topological polar surface area (TPSA) is 105 Å². The molecule has 8 heteroatoms. The van der Waals surface area contributed by atoms with Gasteiger partial charge in [-0.25, -0.2) is 0 Å². The summed E-state index contributed by atoms with van der Waals surface area (Å²) in [5.74, 6) is -0.552. The van der Waals surface area contributed by atoms with Crippen molar-refractivity contribution in [1.82, 2.24) is 9.97 Å². The van der Waals surface area contributed by atoms with Gasteiger partial charge < -0.3 is 24.5 Å². The van der Waals surface area contributed by atoms with Crippen molar-refractivity contribution in [2.45, 2.75) is 65.6 Å². The second kappa shape index (κ2) is 13.0. The summed E-state index contributed by atoms with van der Waals surface area (Å²) in [7, 11) is 0. The van der Waals surface area contributed by atoms with Gasteiger partial charge in [0.25, 0.3) is 0 Å². The number of ether oxygens (including phenoxy) is 2. The van der Waals surface area contributed by atoms with Crippen LogP contribution >= 0.6 is 0 Å². The van der Waals surface area contributed by atoms with E-state index in [1.807, 2.05) is 62.4 Å². The maximum absolute atomic E-state index is 11.4. The molecule has 42 heavy (non-hydrogen) atoms. The molecule has 0 bridgehead atoms. The van der Waals surface area contributed by atoms with E-state index >= 15 is 0 Å². The molecule has 4 aromatic rings. The van der Waals surface area contributed by atoms with Crippen molar-refractivity contribution in [2.75, 3.05) is 6.61 Å². The summed E-state index contributed by atoms with van der Waals surface area (Å²) in [6.45, 7) is 10.2. The molecular formula is C34H35N2NaO5. The molecule has 0 saturated heterocycles. The third-order valence-electron chi connectivity index (χ3n) is 7.70. The third kappa shape index (κ3) is 6.87. The minimum Gasteiger partial charge on any atom is -0.550 e. The molecule has 1 atom stereocenters. The number of carbonyl (C=O) groups excluding carboxylic acids is 1. The Morgan fingerprint density at radius 1 is 0.905 bits per heavy atom. The summed E-state index contributed by atoms with van der Waals surface area (Å²) in [6, 6.07) is 20.2. The number of carboxylic acids is 1. The van der Waals surface area contributed by atoms with E-state index in [-0.39, 0.29) is 41.9 Å². The number of carbonyl (C=O) groups is 1. The van der Waals surface area contributed by atoms with Crippen molar-refractivity contribution in [3.05, 3.63) is 94.3 Å². The number of aryl methyl sites for hydroxylation is 2. The predicted molar refractivity (Wildman–Crippen MR) is 156 cm³/mol. The summed E-state index contributed by atoms with van der Waals surface area (Å²) in [6.07, 6.45) is 0.432. The molecule has 0 saturated carbocycles. The molecule has 0 aliphatic heterocycles.